The van der Waals surface area contributed by atoms with Gasteiger partial charge in [0.1, 0.15) is 24.4 Å². The molecule has 0 radical (unpaired) electrons. The van der Waals surface area contributed by atoms with Gasteiger partial charge < -0.3 is 35.2 Å². The van der Waals surface area contributed by atoms with Crippen LogP contribution in [0.15, 0.2) is 30.3 Å². The zero-order valence-electron chi connectivity index (χ0n) is 17.8. The van der Waals surface area contributed by atoms with Gasteiger partial charge in [0.2, 0.25) is 5.79 Å². The van der Waals surface area contributed by atoms with Gasteiger partial charge in [-0.2, -0.15) is 0 Å². The Morgan fingerprint density at radius 2 is 1.97 bits per heavy atom. The van der Waals surface area contributed by atoms with Crippen molar-refractivity contribution < 1.29 is 29.9 Å². The van der Waals surface area contributed by atoms with Crippen molar-refractivity contribution in [1.82, 2.24) is 0 Å². The van der Waals surface area contributed by atoms with Crippen LogP contribution in [0.2, 0.25) is 5.02 Å². The maximum Gasteiger partial charge on any atom is 0.225 e. The molecule has 1 fully saturated rings. The number of rotatable bonds is 3. The minimum atomic E-state index is -1.69. The Bertz CT molecular complexity index is 1030. The molecular formula is C24H28ClNO6. The maximum absolute atomic E-state index is 10.8. The standard InChI is InChI=1S/C24H28ClNO6/c1-12(27)22-20(28)21(29)23(30)24(32-22)17-9-15(18(25)10-16(17)11-31-24)8-13-4-5-19-14(7-13)3-2-6-26-19/h4-5,7,9-10,12,20-23,26-30H,2-3,6,8,11H2,1H3/t12-,20+,21+,22-,23-,24+/m1/s1. The smallest absolute Gasteiger partial charge is 0.225 e. The first-order chi connectivity index (χ1) is 15.3. The SMILES string of the molecule is C[C@@H](O)[C@H]1O[C@]2(OCc3cc(Cl)c(Cc4ccc5c(c4)CCCN5)cc32)[C@H](O)[C@@H](O)[C@@H]1O. The lowest BCUT2D eigenvalue weighted by molar-refractivity contribution is -0.374. The molecule has 1 saturated heterocycles. The maximum atomic E-state index is 10.8. The highest BCUT2D eigenvalue weighted by Crippen LogP contribution is 2.47. The third kappa shape index (κ3) is 3.53. The summed E-state index contributed by atoms with van der Waals surface area (Å²) in [5.41, 5.74) is 5.70. The zero-order chi connectivity index (χ0) is 22.6. The van der Waals surface area contributed by atoms with Crippen molar-refractivity contribution in [2.75, 3.05) is 11.9 Å². The van der Waals surface area contributed by atoms with Gasteiger partial charge in [0, 0.05) is 22.8 Å². The van der Waals surface area contributed by atoms with E-state index in [4.69, 9.17) is 21.1 Å². The summed E-state index contributed by atoms with van der Waals surface area (Å²) in [7, 11) is 0. The van der Waals surface area contributed by atoms with E-state index < -0.39 is 36.3 Å². The van der Waals surface area contributed by atoms with Crippen molar-refractivity contribution >= 4 is 17.3 Å². The summed E-state index contributed by atoms with van der Waals surface area (Å²) in [4.78, 5) is 0. The van der Waals surface area contributed by atoms with Crippen LogP contribution in [0, 0.1) is 0 Å². The highest BCUT2D eigenvalue weighted by molar-refractivity contribution is 6.31. The molecule has 0 bridgehead atoms. The van der Waals surface area contributed by atoms with Crippen LogP contribution in [-0.4, -0.2) is 57.5 Å². The molecule has 3 aliphatic rings. The average molecular weight is 462 g/mol. The molecule has 3 heterocycles. The number of aliphatic hydroxyl groups excluding tert-OH is 4. The fourth-order valence-corrected chi connectivity index (χ4v) is 5.29. The first-order valence-corrected chi connectivity index (χ1v) is 11.4. The second-order valence-electron chi connectivity index (χ2n) is 9.00. The normalized spacial score (nSPS) is 32.3. The monoisotopic (exact) mass is 461 g/mol. The predicted molar refractivity (Wildman–Crippen MR) is 119 cm³/mol. The minimum Gasteiger partial charge on any atom is -0.391 e. The zero-order valence-corrected chi connectivity index (χ0v) is 18.5. The number of hydrogen-bond acceptors (Lipinski definition) is 7. The summed E-state index contributed by atoms with van der Waals surface area (Å²) >= 11 is 6.60. The molecule has 0 saturated carbocycles. The van der Waals surface area contributed by atoms with Crippen LogP contribution in [0.1, 0.15) is 41.2 Å². The van der Waals surface area contributed by atoms with Crippen molar-refractivity contribution in [2.24, 2.45) is 0 Å². The summed E-state index contributed by atoms with van der Waals surface area (Å²) in [5.74, 6) is -1.69. The summed E-state index contributed by atoms with van der Waals surface area (Å²) < 4.78 is 11.8. The molecule has 7 nitrogen and oxygen atoms in total. The van der Waals surface area contributed by atoms with Crippen LogP contribution < -0.4 is 5.32 Å². The summed E-state index contributed by atoms with van der Waals surface area (Å²) in [6, 6.07) is 9.99. The number of fused-ring (bicyclic) bond motifs is 3. The van der Waals surface area contributed by atoms with E-state index in [-0.39, 0.29) is 6.61 Å². The van der Waals surface area contributed by atoms with Crippen molar-refractivity contribution in [3.8, 4) is 0 Å². The number of aliphatic hydroxyl groups is 4. The fraction of sp³-hybridized carbons (Fsp3) is 0.500. The molecule has 32 heavy (non-hydrogen) atoms. The number of ether oxygens (including phenoxy) is 2. The lowest BCUT2D eigenvalue weighted by atomic mass is 9.85. The molecule has 3 aliphatic heterocycles. The van der Waals surface area contributed by atoms with Gasteiger partial charge in [-0.1, -0.05) is 23.7 Å². The number of halogens is 1. The topological polar surface area (TPSA) is 111 Å². The van der Waals surface area contributed by atoms with E-state index in [0.717, 1.165) is 36.1 Å². The fourth-order valence-electron chi connectivity index (χ4n) is 5.03. The highest BCUT2D eigenvalue weighted by Gasteiger charge is 2.59. The van der Waals surface area contributed by atoms with Crippen LogP contribution >= 0.6 is 11.6 Å². The molecule has 2 aromatic rings. The molecule has 5 rings (SSSR count). The van der Waals surface area contributed by atoms with Crippen molar-refractivity contribution in [2.45, 2.75) is 69.1 Å². The van der Waals surface area contributed by atoms with Gasteiger partial charge in [0.25, 0.3) is 0 Å². The molecule has 8 heteroatoms. The Labute approximate surface area is 191 Å². The third-order valence-electron chi connectivity index (χ3n) is 6.78. The van der Waals surface area contributed by atoms with E-state index in [2.05, 4.69) is 23.5 Å². The molecule has 0 aromatic heterocycles. The van der Waals surface area contributed by atoms with Gasteiger partial charge in [0.15, 0.2) is 0 Å². The van der Waals surface area contributed by atoms with E-state index in [1.54, 1.807) is 6.07 Å². The predicted octanol–water partition coefficient (Wildman–Crippen LogP) is 1.83. The van der Waals surface area contributed by atoms with Gasteiger partial charge in [-0.15, -0.1) is 0 Å². The summed E-state index contributed by atoms with van der Waals surface area (Å²) in [6.45, 7) is 2.58. The van der Waals surface area contributed by atoms with Crippen LogP contribution in [0.25, 0.3) is 0 Å². The number of nitrogens with one attached hydrogen (secondary N) is 1. The van der Waals surface area contributed by atoms with Crippen LogP contribution in [-0.2, 0) is 34.7 Å². The van der Waals surface area contributed by atoms with Gasteiger partial charge in [-0.3, -0.25) is 0 Å². The molecule has 0 unspecified atom stereocenters. The number of aryl methyl sites for hydroxylation is 1. The molecule has 6 atom stereocenters. The highest BCUT2D eigenvalue weighted by atomic mass is 35.5. The van der Waals surface area contributed by atoms with E-state index in [0.29, 0.717) is 17.0 Å². The number of hydrogen-bond donors (Lipinski definition) is 5. The van der Waals surface area contributed by atoms with Crippen molar-refractivity contribution in [1.29, 1.82) is 0 Å². The minimum absolute atomic E-state index is 0.131. The molecule has 0 aliphatic carbocycles. The Morgan fingerprint density at radius 3 is 2.75 bits per heavy atom. The van der Waals surface area contributed by atoms with Crippen LogP contribution in [0.3, 0.4) is 0 Å². The van der Waals surface area contributed by atoms with Gasteiger partial charge in [-0.05, 0) is 66.6 Å². The second kappa shape index (κ2) is 8.25. The number of anilines is 1. The lowest BCUT2D eigenvalue weighted by Gasteiger charge is -2.47. The van der Waals surface area contributed by atoms with E-state index in [9.17, 15) is 20.4 Å². The molecular weight excluding hydrogens is 434 g/mol. The Kier molecular flexibility index (Phi) is 5.70. The van der Waals surface area contributed by atoms with Crippen molar-refractivity contribution in [3.63, 3.8) is 0 Å². The Balaban J connectivity index is 1.51. The van der Waals surface area contributed by atoms with Crippen LogP contribution in [0.4, 0.5) is 5.69 Å². The molecule has 172 valence electrons. The lowest BCUT2D eigenvalue weighted by Crippen LogP contribution is -2.64. The first kappa shape index (κ1) is 22.1. The van der Waals surface area contributed by atoms with E-state index in [1.165, 1.54) is 18.2 Å². The summed E-state index contributed by atoms with van der Waals surface area (Å²) in [5, 5.41) is 45.7. The molecule has 2 aromatic carbocycles. The van der Waals surface area contributed by atoms with E-state index in [1.807, 2.05) is 6.07 Å². The largest absolute Gasteiger partial charge is 0.391 e. The first-order valence-electron chi connectivity index (χ1n) is 11.0. The molecule has 5 N–H and O–H groups in total. The second-order valence-corrected chi connectivity index (χ2v) is 9.41. The van der Waals surface area contributed by atoms with Crippen molar-refractivity contribution in [3.05, 3.63) is 63.2 Å². The number of benzene rings is 2. The average Bonchev–Trinajstić information content (AvgIpc) is 3.13. The van der Waals surface area contributed by atoms with Gasteiger partial charge in [-0.25, -0.2) is 0 Å². The molecule has 1 spiro atoms. The summed E-state index contributed by atoms with van der Waals surface area (Å²) in [6.07, 6.45) is -4.00. The van der Waals surface area contributed by atoms with Crippen LogP contribution in [0.5, 0.6) is 0 Å². The van der Waals surface area contributed by atoms with E-state index >= 15 is 0 Å². The van der Waals surface area contributed by atoms with Gasteiger partial charge >= 0.3 is 0 Å². The quantitative estimate of drug-likeness (QED) is 0.474. The Morgan fingerprint density at radius 1 is 1.16 bits per heavy atom. The molecule has 0 amide bonds. The van der Waals surface area contributed by atoms with Gasteiger partial charge in [0.05, 0.1) is 12.7 Å². The third-order valence-corrected chi connectivity index (χ3v) is 7.13. The Hall–Kier alpha value is -1.71.